The van der Waals surface area contributed by atoms with Crippen LogP contribution in [0.4, 0.5) is 15.8 Å². The van der Waals surface area contributed by atoms with Crippen LogP contribution in [0.3, 0.4) is 0 Å². The average molecular weight is 441 g/mol. The maximum Gasteiger partial charge on any atom is 0.261 e. The fourth-order valence-electron chi connectivity index (χ4n) is 3.77. The molecule has 0 bridgehead atoms. The van der Waals surface area contributed by atoms with Gasteiger partial charge in [-0.1, -0.05) is 24.3 Å². The lowest BCUT2D eigenvalue weighted by Gasteiger charge is -2.33. The zero-order chi connectivity index (χ0) is 21.8. The third-order valence-corrected chi connectivity index (χ3v) is 7.00. The molecule has 3 aromatic carbocycles. The van der Waals surface area contributed by atoms with Crippen LogP contribution < -0.4 is 9.62 Å². The van der Waals surface area contributed by atoms with E-state index in [-0.39, 0.29) is 10.7 Å². The first-order valence-electron chi connectivity index (χ1n) is 10.2. The highest BCUT2D eigenvalue weighted by atomic mass is 32.2. The van der Waals surface area contributed by atoms with Crippen LogP contribution in [0, 0.1) is 5.82 Å². The molecule has 1 fully saturated rings. The molecule has 1 N–H and O–H groups in total. The van der Waals surface area contributed by atoms with Gasteiger partial charge in [-0.15, -0.1) is 0 Å². The van der Waals surface area contributed by atoms with Gasteiger partial charge in [0.25, 0.3) is 10.0 Å². The third kappa shape index (κ3) is 5.06. The zero-order valence-electron chi connectivity index (χ0n) is 17.3. The number of methoxy groups -OCH3 is 1. The Morgan fingerprint density at radius 1 is 0.871 bits per heavy atom. The highest BCUT2D eigenvalue weighted by molar-refractivity contribution is 7.92. The van der Waals surface area contributed by atoms with Crippen LogP contribution in [0.2, 0.25) is 0 Å². The molecule has 0 amide bonds. The molecule has 5 nitrogen and oxygen atoms in total. The van der Waals surface area contributed by atoms with E-state index in [9.17, 15) is 12.8 Å². The van der Waals surface area contributed by atoms with Crippen molar-refractivity contribution in [3.05, 3.63) is 78.6 Å². The average Bonchev–Trinajstić information content (AvgIpc) is 2.80. The Labute approximate surface area is 182 Å². The largest absolute Gasteiger partial charge is 0.381 e. The molecule has 3 aromatic rings. The molecule has 0 aromatic heterocycles. The summed E-state index contributed by atoms with van der Waals surface area (Å²) < 4.78 is 46.7. The third-order valence-electron chi connectivity index (χ3n) is 5.60. The summed E-state index contributed by atoms with van der Waals surface area (Å²) in [4.78, 5) is 2.45. The van der Waals surface area contributed by atoms with Crippen molar-refractivity contribution in [3.8, 4) is 11.1 Å². The lowest BCUT2D eigenvalue weighted by molar-refractivity contribution is 0.0819. The van der Waals surface area contributed by atoms with Crippen LogP contribution in [0.5, 0.6) is 0 Å². The molecule has 1 saturated heterocycles. The minimum atomic E-state index is -3.71. The number of piperidine rings is 1. The van der Waals surface area contributed by atoms with Crippen molar-refractivity contribution in [2.75, 3.05) is 29.8 Å². The standard InChI is InChI=1S/C24H25FN2O3S/c1-30-23-14-16-27(17-15-23)22-10-8-21(9-11-22)26-31(28,29)24-12-4-19(5-13-24)18-2-6-20(25)7-3-18/h2-13,23,26H,14-17H2,1H3. The predicted octanol–water partition coefficient (Wildman–Crippen LogP) is 4.91. The number of hydrogen-bond acceptors (Lipinski definition) is 4. The maximum absolute atomic E-state index is 13.1. The Bertz CT molecular complexity index is 1110. The minimum absolute atomic E-state index is 0.170. The summed E-state index contributed by atoms with van der Waals surface area (Å²) in [6.07, 6.45) is 2.29. The number of ether oxygens (including phenoxy) is 1. The summed E-state index contributed by atoms with van der Waals surface area (Å²) in [5.74, 6) is -0.308. The minimum Gasteiger partial charge on any atom is -0.381 e. The molecule has 0 aliphatic carbocycles. The highest BCUT2D eigenvalue weighted by Gasteiger charge is 2.19. The number of nitrogens with one attached hydrogen (secondary N) is 1. The molecule has 0 unspecified atom stereocenters. The summed E-state index contributed by atoms with van der Waals surface area (Å²) in [7, 11) is -1.96. The fraction of sp³-hybridized carbons (Fsp3) is 0.250. The van der Waals surface area contributed by atoms with Crippen LogP contribution in [-0.2, 0) is 14.8 Å². The molecule has 7 heteroatoms. The van der Waals surface area contributed by atoms with E-state index in [2.05, 4.69) is 9.62 Å². The van der Waals surface area contributed by atoms with Gasteiger partial charge in [-0.25, -0.2) is 12.8 Å². The molecular formula is C24H25FN2O3S. The number of halogens is 1. The van der Waals surface area contributed by atoms with E-state index in [0.29, 0.717) is 11.8 Å². The van der Waals surface area contributed by atoms with Crippen LogP contribution in [0.1, 0.15) is 12.8 Å². The quantitative estimate of drug-likeness (QED) is 0.592. The number of anilines is 2. The van der Waals surface area contributed by atoms with Crippen molar-refractivity contribution >= 4 is 21.4 Å². The topological polar surface area (TPSA) is 58.6 Å². The normalized spacial score (nSPS) is 15.1. The summed E-state index contributed by atoms with van der Waals surface area (Å²) in [5, 5.41) is 0. The SMILES string of the molecule is COC1CCN(c2ccc(NS(=O)(=O)c3ccc(-c4ccc(F)cc4)cc3)cc2)CC1. The van der Waals surface area contributed by atoms with E-state index < -0.39 is 10.0 Å². The molecule has 0 saturated carbocycles. The van der Waals surface area contributed by atoms with Gasteiger partial charge in [0.2, 0.25) is 0 Å². The first kappa shape index (κ1) is 21.3. The Balaban J connectivity index is 1.43. The second-order valence-electron chi connectivity index (χ2n) is 7.61. The van der Waals surface area contributed by atoms with E-state index in [0.717, 1.165) is 42.7 Å². The van der Waals surface area contributed by atoms with Gasteiger partial charge in [0.1, 0.15) is 5.82 Å². The smallest absolute Gasteiger partial charge is 0.261 e. The number of nitrogens with zero attached hydrogens (tertiary/aromatic N) is 1. The van der Waals surface area contributed by atoms with Gasteiger partial charge in [0, 0.05) is 31.6 Å². The van der Waals surface area contributed by atoms with E-state index in [1.807, 2.05) is 12.1 Å². The van der Waals surface area contributed by atoms with Gasteiger partial charge in [0.15, 0.2) is 0 Å². The molecule has 1 aliphatic rings. The zero-order valence-corrected chi connectivity index (χ0v) is 18.1. The lowest BCUT2D eigenvalue weighted by Crippen LogP contribution is -2.36. The van der Waals surface area contributed by atoms with Crippen LogP contribution in [-0.4, -0.2) is 34.7 Å². The Kier molecular flexibility index (Phi) is 6.25. The van der Waals surface area contributed by atoms with Crippen LogP contribution in [0.25, 0.3) is 11.1 Å². The summed E-state index contributed by atoms with van der Waals surface area (Å²) in [5.41, 5.74) is 3.23. The monoisotopic (exact) mass is 440 g/mol. The van der Waals surface area contributed by atoms with Gasteiger partial charge >= 0.3 is 0 Å². The van der Waals surface area contributed by atoms with Gasteiger partial charge in [-0.2, -0.15) is 0 Å². The van der Waals surface area contributed by atoms with Crippen molar-refractivity contribution in [2.24, 2.45) is 0 Å². The fourth-order valence-corrected chi connectivity index (χ4v) is 4.83. The molecule has 1 aliphatic heterocycles. The lowest BCUT2D eigenvalue weighted by atomic mass is 10.1. The van der Waals surface area contributed by atoms with Gasteiger partial charge in [0.05, 0.1) is 11.0 Å². The molecule has 4 rings (SSSR count). The van der Waals surface area contributed by atoms with Gasteiger partial charge < -0.3 is 9.64 Å². The highest BCUT2D eigenvalue weighted by Crippen LogP contribution is 2.25. The van der Waals surface area contributed by atoms with Crippen LogP contribution in [0.15, 0.2) is 77.7 Å². The van der Waals surface area contributed by atoms with Gasteiger partial charge in [-0.05, 0) is 72.5 Å². The molecule has 0 spiro atoms. The molecular weight excluding hydrogens is 415 g/mol. The number of sulfonamides is 1. The number of hydrogen-bond donors (Lipinski definition) is 1. The second-order valence-corrected chi connectivity index (χ2v) is 9.29. The molecule has 1 heterocycles. The second kappa shape index (κ2) is 9.08. The summed E-state index contributed by atoms with van der Waals surface area (Å²) in [6.45, 7) is 1.84. The van der Waals surface area contributed by atoms with E-state index in [1.165, 1.54) is 12.1 Å². The van der Waals surface area contributed by atoms with Crippen molar-refractivity contribution in [3.63, 3.8) is 0 Å². The predicted molar refractivity (Wildman–Crippen MR) is 121 cm³/mol. The maximum atomic E-state index is 13.1. The van der Waals surface area contributed by atoms with E-state index in [1.54, 1.807) is 55.6 Å². The summed E-state index contributed by atoms with van der Waals surface area (Å²) in [6, 6.07) is 20.0. The van der Waals surface area contributed by atoms with Crippen molar-refractivity contribution < 1.29 is 17.5 Å². The van der Waals surface area contributed by atoms with Crippen molar-refractivity contribution in [2.45, 2.75) is 23.8 Å². The van der Waals surface area contributed by atoms with Crippen molar-refractivity contribution in [1.29, 1.82) is 0 Å². The first-order valence-corrected chi connectivity index (χ1v) is 11.7. The Morgan fingerprint density at radius 2 is 1.42 bits per heavy atom. The van der Waals surface area contributed by atoms with E-state index in [4.69, 9.17) is 4.74 Å². The number of rotatable bonds is 6. The van der Waals surface area contributed by atoms with Gasteiger partial charge in [-0.3, -0.25) is 4.72 Å². The Hall–Kier alpha value is -2.90. The van der Waals surface area contributed by atoms with Crippen LogP contribution >= 0.6 is 0 Å². The molecule has 0 atom stereocenters. The van der Waals surface area contributed by atoms with Crippen molar-refractivity contribution in [1.82, 2.24) is 0 Å². The molecule has 31 heavy (non-hydrogen) atoms. The van der Waals surface area contributed by atoms with E-state index >= 15 is 0 Å². The molecule has 162 valence electrons. The summed E-state index contributed by atoms with van der Waals surface area (Å²) >= 11 is 0. The molecule has 0 radical (unpaired) electrons. The Morgan fingerprint density at radius 3 is 1.97 bits per heavy atom. The number of benzene rings is 3. The first-order chi connectivity index (χ1) is 14.9.